The number of aromatic nitrogens is 4. The highest BCUT2D eigenvalue weighted by Gasteiger charge is 2.24. The summed E-state index contributed by atoms with van der Waals surface area (Å²) in [6, 6.07) is 0. The van der Waals surface area contributed by atoms with E-state index in [2.05, 4.69) is 19.9 Å². The summed E-state index contributed by atoms with van der Waals surface area (Å²) in [7, 11) is -3.59. The third-order valence-electron chi connectivity index (χ3n) is 3.77. The van der Waals surface area contributed by atoms with Crippen molar-refractivity contribution in [3.63, 3.8) is 0 Å². The first kappa shape index (κ1) is 16.3. The van der Waals surface area contributed by atoms with Gasteiger partial charge in [-0.1, -0.05) is 0 Å². The summed E-state index contributed by atoms with van der Waals surface area (Å²) in [6.07, 6.45) is 2.71. The molecule has 3 heterocycles. The van der Waals surface area contributed by atoms with Crippen LogP contribution in [-0.2, 0) is 29.3 Å². The molecule has 24 heavy (non-hydrogen) atoms. The Balaban J connectivity index is 1.88. The number of aromatic amines is 3. The fourth-order valence-electron chi connectivity index (χ4n) is 2.56. The van der Waals surface area contributed by atoms with Crippen LogP contribution in [0.2, 0.25) is 0 Å². The molecule has 1 aliphatic heterocycles. The Hall–Kier alpha value is -2.53. The molecule has 0 atom stereocenters. The van der Waals surface area contributed by atoms with Crippen molar-refractivity contribution in [2.24, 2.45) is 0 Å². The summed E-state index contributed by atoms with van der Waals surface area (Å²) < 4.78 is 23.1. The third-order valence-corrected chi connectivity index (χ3v) is 4.66. The maximum Gasteiger partial charge on any atom is 0.325 e. The molecule has 11 heteroatoms. The normalized spacial score (nSPS) is 15.2. The Kier molecular flexibility index (Phi) is 3.97. The first-order valence-corrected chi connectivity index (χ1v) is 8.98. The molecule has 3 rings (SSSR count). The maximum absolute atomic E-state index is 12.1. The molecule has 0 spiro atoms. The lowest BCUT2D eigenvalue weighted by Crippen LogP contribution is -2.37. The number of nitrogens with one attached hydrogen (secondary N) is 3. The van der Waals surface area contributed by atoms with Gasteiger partial charge >= 0.3 is 5.69 Å². The number of hydrogen-bond acceptors (Lipinski definition) is 7. The Morgan fingerprint density at radius 2 is 1.96 bits per heavy atom. The van der Waals surface area contributed by atoms with Gasteiger partial charge < -0.3 is 4.98 Å². The minimum Gasteiger partial charge on any atom is -0.314 e. The molecule has 3 N–H and O–H groups in total. The quantitative estimate of drug-likeness (QED) is 0.546. The molecule has 128 valence electrons. The Labute approximate surface area is 135 Å². The van der Waals surface area contributed by atoms with Crippen LogP contribution in [0.5, 0.6) is 0 Å². The van der Waals surface area contributed by atoms with E-state index in [1.54, 1.807) is 0 Å². The first-order valence-electron chi connectivity index (χ1n) is 7.09. The summed E-state index contributed by atoms with van der Waals surface area (Å²) >= 11 is 0. The molecule has 2 aromatic rings. The fraction of sp³-hybridized carbons (Fsp3) is 0.385. The number of sulfone groups is 1. The van der Waals surface area contributed by atoms with E-state index in [0.717, 1.165) is 6.26 Å². The minimum absolute atomic E-state index is 0.236. The molecular formula is C13H15N5O5S. The minimum atomic E-state index is -3.59. The zero-order valence-electron chi connectivity index (χ0n) is 12.7. The molecule has 0 amide bonds. The van der Waals surface area contributed by atoms with Crippen molar-refractivity contribution in [3.8, 4) is 0 Å². The number of H-pyrrole nitrogens is 3. The van der Waals surface area contributed by atoms with Gasteiger partial charge in [0.05, 0.1) is 11.3 Å². The first-order chi connectivity index (χ1) is 11.2. The van der Waals surface area contributed by atoms with Crippen molar-refractivity contribution in [1.29, 1.82) is 0 Å². The predicted molar refractivity (Wildman–Crippen MR) is 83.5 cm³/mol. The Morgan fingerprint density at radius 1 is 1.21 bits per heavy atom. The lowest BCUT2D eigenvalue weighted by Gasteiger charge is -2.27. The topological polar surface area (TPSA) is 149 Å². The molecule has 1 aliphatic rings. The Bertz CT molecular complexity index is 1070. The molecule has 10 nitrogen and oxygen atoms in total. The average Bonchev–Trinajstić information content (AvgIpc) is 2.49. The molecule has 0 aliphatic carbocycles. The number of fused-ring (bicyclic) bond motifs is 1. The standard InChI is InChI=1S/C13H15N5O5S/c1-24(22,23)13-15-9-2-3-18(6-8(9)11(20)17-13)5-7-4-14-12(21)16-10(7)19/h4H,2-3,5-6H2,1H3,(H,15,17,20)(H2,14,16,19,21). The molecule has 0 fully saturated rings. The highest BCUT2D eigenvalue weighted by molar-refractivity contribution is 7.90. The van der Waals surface area contributed by atoms with Gasteiger partial charge in [-0.3, -0.25) is 24.5 Å². The van der Waals surface area contributed by atoms with Crippen molar-refractivity contribution < 1.29 is 8.42 Å². The van der Waals surface area contributed by atoms with Crippen LogP contribution >= 0.6 is 0 Å². The van der Waals surface area contributed by atoms with Gasteiger partial charge in [-0.15, -0.1) is 0 Å². The highest BCUT2D eigenvalue weighted by Crippen LogP contribution is 2.16. The zero-order chi connectivity index (χ0) is 17.5. The number of rotatable bonds is 3. The van der Waals surface area contributed by atoms with Gasteiger partial charge in [-0.05, 0) is 0 Å². The summed E-state index contributed by atoms with van der Waals surface area (Å²) in [5.74, 6) is 0. The van der Waals surface area contributed by atoms with Crippen LogP contribution in [0.3, 0.4) is 0 Å². The van der Waals surface area contributed by atoms with Gasteiger partial charge in [0.1, 0.15) is 0 Å². The highest BCUT2D eigenvalue weighted by atomic mass is 32.2. The lowest BCUT2D eigenvalue weighted by molar-refractivity contribution is 0.239. The zero-order valence-corrected chi connectivity index (χ0v) is 13.6. The van der Waals surface area contributed by atoms with Crippen molar-refractivity contribution in [1.82, 2.24) is 24.8 Å². The van der Waals surface area contributed by atoms with Crippen LogP contribution in [0.15, 0.2) is 25.7 Å². The van der Waals surface area contributed by atoms with Crippen molar-refractivity contribution in [2.45, 2.75) is 24.7 Å². The molecule has 0 radical (unpaired) electrons. The van der Waals surface area contributed by atoms with Crippen LogP contribution in [0.1, 0.15) is 16.8 Å². The molecule has 0 saturated carbocycles. The number of nitrogens with zero attached hydrogens (tertiary/aromatic N) is 2. The van der Waals surface area contributed by atoms with Gasteiger partial charge in [0.15, 0.2) is 0 Å². The van der Waals surface area contributed by atoms with Crippen LogP contribution < -0.4 is 16.8 Å². The largest absolute Gasteiger partial charge is 0.325 e. The predicted octanol–water partition coefficient (Wildman–Crippen LogP) is -1.89. The lowest BCUT2D eigenvalue weighted by atomic mass is 10.1. The van der Waals surface area contributed by atoms with E-state index in [4.69, 9.17) is 0 Å². The molecule has 0 bridgehead atoms. The molecule has 2 aromatic heterocycles. The fourth-order valence-corrected chi connectivity index (χ4v) is 3.12. The van der Waals surface area contributed by atoms with Gasteiger partial charge in [-0.2, -0.15) is 0 Å². The van der Waals surface area contributed by atoms with Crippen LogP contribution in [0.25, 0.3) is 0 Å². The van der Waals surface area contributed by atoms with Gasteiger partial charge in [-0.25, -0.2) is 18.2 Å². The Morgan fingerprint density at radius 3 is 2.62 bits per heavy atom. The van der Waals surface area contributed by atoms with Gasteiger partial charge in [0.25, 0.3) is 11.1 Å². The smallest absolute Gasteiger partial charge is 0.314 e. The van der Waals surface area contributed by atoms with E-state index < -0.39 is 26.6 Å². The summed E-state index contributed by atoms with van der Waals surface area (Å²) in [5.41, 5.74) is -0.360. The van der Waals surface area contributed by atoms with Crippen molar-refractivity contribution in [3.05, 3.63) is 54.2 Å². The van der Waals surface area contributed by atoms with E-state index in [1.165, 1.54) is 6.20 Å². The second-order valence-electron chi connectivity index (χ2n) is 5.63. The molecule has 0 unspecified atom stereocenters. The van der Waals surface area contributed by atoms with Crippen molar-refractivity contribution >= 4 is 9.84 Å². The van der Waals surface area contributed by atoms with Crippen LogP contribution in [0, 0.1) is 0 Å². The van der Waals surface area contributed by atoms with E-state index >= 15 is 0 Å². The summed E-state index contributed by atoms with van der Waals surface area (Å²) in [6.45, 7) is 0.990. The van der Waals surface area contributed by atoms with E-state index in [0.29, 0.717) is 29.8 Å². The summed E-state index contributed by atoms with van der Waals surface area (Å²) in [4.78, 5) is 47.6. The molecule has 0 aromatic carbocycles. The monoisotopic (exact) mass is 353 g/mol. The van der Waals surface area contributed by atoms with E-state index in [9.17, 15) is 22.8 Å². The van der Waals surface area contributed by atoms with Crippen LogP contribution in [-0.4, -0.2) is 46.1 Å². The molecule has 0 saturated heterocycles. The second kappa shape index (κ2) is 5.83. The second-order valence-corrected chi connectivity index (χ2v) is 7.56. The molecular weight excluding hydrogens is 338 g/mol. The SMILES string of the molecule is CS(=O)(=O)c1nc2c(c(=O)[nH]1)CN(Cc1c[nH]c(=O)[nH]c1=O)CC2. The number of hydrogen-bond donors (Lipinski definition) is 3. The summed E-state index contributed by atoms with van der Waals surface area (Å²) in [5, 5.41) is -0.336. The average molecular weight is 353 g/mol. The van der Waals surface area contributed by atoms with Gasteiger partial charge in [0, 0.05) is 44.1 Å². The van der Waals surface area contributed by atoms with Crippen LogP contribution in [0.4, 0.5) is 0 Å². The van der Waals surface area contributed by atoms with Gasteiger partial charge in [0.2, 0.25) is 15.0 Å². The third kappa shape index (κ3) is 3.21. The van der Waals surface area contributed by atoms with E-state index in [-0.39, 0.29) is 18.2 Å². The maximum atomic E-state index is 12.1. The van der Waals surface area contributed by atoms with Crippen molar-refractivity contribution in [2.75, 3.05) is 12.8 Å². The van der Waals surface area contributed by atoms with E-state index in [1.807, 2.05) is 4.90 Å².